The number of cyclic esters (lactones) is 1. The predicted molar refractivity (Wildman–Crippen MR) is 178 cm³/mol. The number of aliphatic hydroxyl groups is 4. The Labute approximate surface area is 292 Å². The SMILES string of the molecule is CC[C@H]1OC(=O)[C@H](C)[C@@H](OC2C[C@@](C)(OC)[C@@H](O)[C@H](C)O2)[C@H](C)C(O[C@@H]2O[C@H](C)CC[C@H]2O)[C@](C)(OC)C[C@@H](C)C(=O)[C@H](C)[C@@H](O)[C@]1(C)O. The number of carbonyl (C=O) groups excluding carboxylic acids is 2. The quantitative estimate of drug-likeness (QED) is 0.285. The van der Waals surface area contributed by atoms with Crippen LogP contribution in [0.1, 0.15) is 101 Å². The summed E-state index contributed by atoms with van der Waals surface area (Å²) in [4.78, 5) is 27.9. The molecule has 13 heteroatoms. The van der Waals surface area contributed by atoms with Crippen molar-refractivity contribution in [2.24, 2.45) is 23.7 Å². The van der Waals surface area contributed by atoms with Crippen LogP contribution >= 0.6 is 0 Å². The van der Waals surface area contributed by atoms with Gasteiger partial charge in [0.25, 0.3) is 0 Å². The van der Waals surface area contributed by atoms with Crippen LogP contribution in [0.4, 0.5) is 0 Å². The van der Waals surface area contributed by atoms with Crippen molar-refractivity contribution in [1.82, 2.24) is 0 Å². The van der Waals surface area contributed by atoms with Gasteiger partial charge < -0.3 is 53.6 Å². The molecule has 17 atom stereocenters. The van der Waals surface area contributed by atoms with E-state index < -0.39 is 102 Å². The Kier molecular flexibility index (Phi) is 14.3. The number of aliphatic hydroxyl groups excluding tert-OH is 3. The van der Waals surface area contributed by atoms with Gasteiger partial charge in [-0.25, -0.2) is 0 Å². The van der Waals surface area contributed by atoms with Crippen molar-refractivity contribution in [2.45, 2.75) is 180 Å². The van der Waals surface area contributed by atoms with Gasteiger partial charge in [-0.2, -0.15) is 0 Å². The minimum Gasteiger partial charge on any atom is -0.459 e. The second kappa shape index (κ2) is 16.6. The average molecular weight is 705 g/mol. The van der Waals surface area contributed by atoms with E-state index in [9.17, 15) is 30.0 Å². The number of Topliss-reactive ketones (excluding diaryl/α,β-unsaturated/α-hetero) is 1. The Balaban J connectivity index is 2.19. The van der Waals surface area contributed by atoms with Gasteiger partial charge in [0, 0.05) is 38.4 Å². The molecule has 3 aliphatic rings. The molecule has 0 aromatic carbocycles. The minimum atomic E-state index is -1.95. The first-order valence-electron chi connectivity index (χ1n) is 17.9. The van der Waals surface area contributed by atoms with Gasteiger partial charge in [-0.05, 0) is 67.2 Å². The van der Waals surface area contributed by atoms with Gasteiger partial charge >= 0.3 is 5.97 Å². The van der Waals surface area contributed by atoms with E-state index in [1.165, 1.54) is 21.1 Å². The van der Waals surface area contributed by atoms with E-state index in [0.717, 1.165) is 0 Å². The van der Waals surface area contributed by atoms with Crippen LogP contribution in [0.15, 0.2) is 0 Å². The third-order valence-corrected chi connectivity index (χ3v) is 11.5. The number of rotatable bonds is 7. The molecule has 0 amide bonds. The number of hydrogen-bond acceptors (Lipinski definition) is 13. The lowest BCUT2D eigenvalue weighted by molar-refractivity contribution is -0.315. The highest BCUT2D eigenvalue weighted by atomic mass is 16.7. The molecular weight excluding hydrogens is 640 g/mol. The standard InChI is InChI=1S/C36H64O13/c1-13-25-36(10,42)29(39)20(4)27(38)18(2)16-35(9,44-12)31(49-33-24(37)15-14-19(3)45-33)21(5)28(22(6)32(41)47-25)48-26-17-34(8,43-11)30(40)23(7)46-26/h18-26,28-31,33,37,39-40,42H,13-17H2,1-12H3/t18-,19-,20+,21+,22-,23+,24-,25-,26?,28+,29-,30+,31?,33+,34-,35-,36-/m1/s1. The topological polar surface area (TPSA) is 180 Å². The van der Waals surface area contributed by atoms with Crippen LogP contribution < -0.4 is 0 Å². The molecule has 0 radical (unpaired) electrons. The molecule has 4 N–H and O–H groups in total. The van der Waals surface area contributed by atoms with E-state index >= 15 is 0 Å². The maximum atomic E-state index is 14.1. The Morgan fingerprint density at radius 1 is 0.816 bits per heavy atom. The number of ether oxygens (including phenoxy) is 7. The lowest BCUT2D eigenvalue weighted by atomic mass is 9.74. The number of hydrogen-bond donors (Lipinski definition) is 4. The Bertz CT molecular complexity index is 1100. The van der Waals surface area contributed by atoms with Crippen molar-refractivity contribution < 1.29 is 63.2 Å². The van der Waals surface area contributed by atoms with Crippen molar-refractivity contribution in [3.8, 4) is 0 Å². The zero-order valence-corrected chi connectivity index (χ0v) is 31.6. The van der Waals surface area contributed by atoms with Gasteiger partial charge in [-0.3, -0.25) is 9.59 Å². The highest BCUT2D eigenvalue weighted by molar-refractivity contribution is 5.83. The summed E-state index contributed by atoms with van der Waals surface area (Å²) in [5.74, 6) is -4.37. The lowest BCUT2D eigenvalue weighted by Gasteiger charge is -2.49. The van der Waals surface area contributed by atoms with Crippen molar-refractivity contribution in [2.75, 3.05) is 14.2 Å². The largest absolute Gasteiger partial charge is 0.459 e. The summed E-state index contributed by atoms with van der Waals surface area (Å²) in [6.45, 7) is 17.0. The minimum absolute atomic E-state index is 0.128. The maximum Gasteiger partial charge on any atom is 0.311 e. The van der Waals surface area contributed by atoms with E-state index in [0.29, 0.717) is 12.8 Å². The van der Waals surface area contributed by atoms with Crippen LogP contribution in [-0.4, -0.2) is 125 Å². The number of esters is 1. The van der Waals surface area contributed by atoms with Crippen LogP contribution in [0.2, 0.25) is 0 Å². The molecule has 0 bridgehead atoms. The summed E-state index contributed by atoms with van der Waals surface area (Å²) in [5.41, 5.74) is -4.19. The summed E-state index contributed by atoms with van der Waals surface area (Å²) >= 11 is 0. The molecule has 3 aliphatic heterocycles. The van der Waals surface area contributed by atoms with Gasteiger partial charge in [-0.1, -0.05) is 27.7 Å². The molecule has 286 valence electrons. The number of carbonyl (C=O) groups is 2. The maximum absolute atomic E-state index is 14.1. The Hall–Kier alpha value is -1.26. The van der Waals surface area contributed by atoms with Gasteiger partial charge in [0.05, 0.1) is 47.6 Å². The molecular formula is C36H64O13. The third-order valence-electron chi connectivity index (χ3n) is 11.5. The fourth-order valence-corrected chi connectivity index (χ4v) is 7.98. The summed E-state index contributed by atoms with van der Waals surface area (Å²) in [6.07, 6.45) is -7.78. The zero-order valence-electron chi connectivity index (χ0n) is 31.6. The molecule has 0 aliphatic carbocycles. The predicted octanol–water partition coefficient (Wildman–Crippen LogP) is 2.90. The summed E-state index contributed by atoms with van der Waals surface area (Å²) < 4.78 is 43.3. The van der Waals surface area contributed by atoms with E-state index in [4.69, 9.17) is 33.2 Å². The molecule has 49 heavy (non-hydrogen) atoms. The molecule has 0 aromatic heterocycles. The van der Waals surface area contributed by atoms with E-state index in [-0.39, 0.29) is 31.1 Å². The summed E-state index contributed by atoms with van der Waals surface area (Å²) in [5, 5.41) is 44.8. The van der Waals surface area contributed by atoms with Gasteiger partial charge in [0.2, 0.25) is 0 Å². The third kappa shape index (κ3) is 9.04. The van der Waals surface area contributed by atoms with E-state index in [1.807, 2.05) is 13.8 Å². The summed E-state index contributed by atoms with van der Waals surface area (Å²) in [6, 6.07) is 0. The molecule has 2 unspecified atom stereocenters. The Morgan fingerprint density at radius 2 is 1.43 bits per heavy atom. The molecule has 0 spiro atoms. The fraction of sp³-hybridized carbons (Fsp3) is 0.944. The van der Waals surface area contributed by atoms with E-state index in [1.54, 1.807) is 48.5 Å². The highest BCUT2D eigenvalue weighted by Gasteiger charge is 2.53. The van der Waals surface area contributed by atoms with Crippen molar-refractivity contribution in [1.29, 1.82) is 0 Å². The van der Waals surface area contributed by atoms with Crippen LogP contribution in [0.5, 0.6) is 0 Å². The van der Waals surface area contributed by atoms with Crippen LogP contribution in [-0.2, 0) is 42.7 Å². The molecule has 0 aromatic rings. The molecule has 3 heterocycles. The van der Waals surface area contributed by atoms with Crippen molar-refractivity contribution in [3.05, 3.63) is 0 Å². The monoisotopic (exact) mass is 704 g/mol. The van der Waals surface area contributed by atoms with Crippen LogP contribution in [0, 0.1) is 23.7 Å². The van der Waals surface area contributed by atoms with Crippen LogP contribution in [0.3, 0.4) is 0 Å². The normalized spacial score (nSPS) is 49.6. The lowest BCUT2D eigenvalue weighted by Crippen LogP contribution is -2.60. The fourth-order valence-electron chi connectivity index (χ4n) is 7.98. The second-order valence-electron chi connectivity index (χ2n) is 15.5. The van der Waals surface area contributed by atoms with Gasteiger partial charge in [-0.15, -0.1) is 0 Å². The highest BCUT2D eigenvalue weighted by Crippen LogP contribution is 2.41. The van der Waals surface area contributed by atoms with Crippen LogP contribution in [0.25, 0.3) is 0 Å². The molecule has 3 fully saturated rings. The molecule has 0 saturated carbocycles. The van der Waals surface area contributed by atoms with E-state index in [2.05, 4.69) is 0 Å². The van der Waals surface area contributed by atoms with Crippen molar-refractivity contribution in [3.63, 3.8) is 0 Å². The Morgan fingerprint density at radius 3 is 2.00 bits per heavy atom. The van der Waals surface area contributed by atoms with Crippen molar-refractivity contribution >= 4 is 11.8 Å². The number of methoxy groups -OCH3 is 2. The first kappa shape index (κ1) is 42.2. The molecule has 13 nitrogen and oxygen atoms in total. The molecule has 3 saturated heterocycles. The average Bonchev–Trinajstić information content (AvgIpc) is 3.06. The second-order valence-corrected chi connectivity index (χ2v) is 15.5. The van der Waals surface area contributed by atoms with Gasteiger partial charge in [0.1, 0.15) is 29.7 Å². The summed E-state index contributed by atoms with van der Waals surface area (Å²) in [7, 11) is 3.01. The number of ketones is 1. The zero-order chi connectivity index (χ0) is 37.2. The van der Waals surface area contributed by atoms with Gasteiger partial charge in [0.15, 0.2) is 12.6 Å². The first-order valence-corrected chi connectivity index (χ1v) is 17.9. The molecule has 3 rings (SSSR count). The smallest absolute Gasteiger partial charge is 0.311 e. The first-order chi connectivity index (χ1) is 22.7.